The van der Waals surface area contributed by atoms with E-state index in [0.717, 1.165) is 23.4 Å². The van der Waals surface area contributed by atoms with Gasteiger partial charge in [-0.3, -0.25) is 4.79 Å². The van der Waals surface area contributed by atoms with Gasteiger partial charge in [0.1, 0.15) is 11.6 Å². The van der Waals surface area contributed by atoms with Gasteiger partial charge in [0.15, 0.2) is 6.29 Å². The highest BCUT2D eigenvalue weighted by Gasteiger charge is 2.21. The number of fused-ring (bicyclic) bond motifs is 1. The highest BCUT2D eigenvalue weighted by atomic mass is 16.7. The molecule has 1 fully saturated rings. The van der Waals surface area contributed by atoms with E-state index < -0.39 is 0 Å². The zero-order valence-corrected chi connectivity index (χ0v) is 11.5. The van der Waals surface area contributed by atoms with E-state index in [0.29, 0.717) is 26.1 Å². The summed E-state index contributed by atoms with van der Waals surface area (Å²) in [5, 5.41) is 0. The molecule has 5 nitrogen and oxygen atoms in total. The van der Waals surface area contributed by atoms with Crippen molar-refractivity contribution in [1.82, 2.24) is 9.55 Å². The number of imidazole rings is 1. The number of aryl methyl sites for hydroxylation is 1. The maximum absolute atomic E-state index is 12.1. The van der Waals surface area contributed by atoms with Crippen molar-refractivity contribution in [3.8, 4) is 0 Å². The lowest BCUT2D eigenvalue weighted by atomic mass is 10.2. The van der Waals surface area contributed by atoms with E-state index in [9.17, 15) is 4.79 Å². The Morgan fingerprint density at radius 1 is 1.35 bits per heavy atom. The first-order valence-electron chi connectivity index (χ1n) is 6.97. The lowest BCUT2D eigenvalue weighted by Crippen LogP contribution is -2.17. The second-order valence-electron chi connectivity index (χ2n) is 4.85. The first-order chi connectivity index (χ1) is 9.78. The Hall–Kier alpha value is -1.72. The SMILES string of the molecule is CCn1c(CC(=O)CC2OCCO2)nc2ccccc21. The fourth-order valence-electron chi connectivity index (χ4n) is 2.57. The molecule has 3 rings (SSSR count). The first-order valence-corrected chi connectivity index (χ1v) is 6.97. The quantitative estimate of drug-likeness (QED) is 0.836. The van der Waals surface area contributed by atoms with Gasteiger partial charge in [0.05, 0.1) is 37.1 Å². The van der Waals surface area contributed by atoms with E-state index in [4.69, 9.17) is 9.47 Å². The van der Waals surface area contributed by atoms with Gasteiger partial charge in [-0.05, 0) is 19.1 Å². The molecule has 1 aromatic carbocycles. The number of Topliss-reactive ketones (excluding diaryl/α,β-unsaturated/α-hetero) is 1. The molecule has 5 heteroatoms. The standard InChI is InChI=1S/C15H18N2O3/c1-2-17-13-6-4-3-5-12(13)16-14(17)9-11(18)10-15-19-7-8-20-15/h3-6,15H,2,7-10H2,1H3. The molecule has 0 saturated carbocycles. The van der Waals surface area contributed by atoms with Crippen molar-refractivity contribution in [2.24, 2.45) is 0 Å². The van der Waals surface area contributed by atoms with Crippen LogP contribution in [0.2, 0.25) is 0 Å². The number of carbonyl (C=O) groups is 1. The summed E-state index contributed by atoms with van der Waals surface area (Å²) in [4.78, 5) is 16.7. The number of benzene rings is 1. The second-order valence-corrected chi connectivity index (χ2v) is 4.85. The molecule has 0 radical (unpaired) electrons. The van der Waals surface area contributed by atoms with Gasteiger partial charge in [0, 0.05) is 6.54 Å². The van der Waals surface area contributed by atoms with Crippen molar-refractivity contribution < 1.29 is 14.3 Å². The van der Waals surface area contributed by atoms with Crippen LogP contribution in [0.4, 0.5) is 0 Å². The lowest BCUT2D eigenvalue weighted by Gasteiger charge is -2.08. The summed E-state index contributed by atoms with van der Waals surface area (Å²) in [6.07, 6.45) is 0.250. The average Bonchev–Trinajstić information content (AvgIpc) is 3.05. The third-order valence-electron chi connectivity index (χ3n) is 3.49. The highest BCUT2D eigenvalue weighted by Crippen LogP contribution is 2.17. The molecule has 0 N–H and O–H groups in total. The molecule has 0 amide bonds. The van der Waals surface area contributed by atoms with Gasteiger partial charge in [0.2, 0.25) is 0 Å². The maximum atomic E-state index is 12.1. The average molecular weight is 274 g/mol. The predicted octanol–water partition coefficient (Wildman–Crippen LogP) is 1.93. The molecule has 2 aromatic rings. The van der Waals surface area contributed by atoms with Gasteiger partial charge in [0.25, 0.3) is 0 Å². The van der Waals surface area contributed by atoms with E-state index in [2.05, 4.69) is 16.5 Å². The Morgan fingerprint density at radius 2 is 2.10 bits per heavy atom. The Bertz CT molecular complexity index is 615. The lowest BCUT2D eigenvalue weighted by molar-refractivity contribution is -0.126. The van der Waals surface area contributed by atoms with Crippen LogP contribution in [0, 0.1) is 0 Å². The van der Waals surface area contributed by atoms with E-state index in [1.807, 2.05) is 24.3 Å². The van der Waals surface area contributed by atoms with Crippen LogP contribution < -0.4 is 0 Å². The molecule has 0 aliphatic carbocycles. The second kappa shape index (κ2) is 5.73. The van der Waals surface area contributed by atoms with Gasteiger partial charge >= 0.3 is 0 Å². The van der Waals surface area contributed by atoms with E-state index in [1.165, 1.54) is 0 Å². The largest absolute Gasteiger partial charge is 0.350 e. The van der Waals surface area contributed by atoms with Crippen molar-refractivity contribution in [1.29, 1.82) is 0 Å². The zero-order chi connectivity index (χ0) is 13.9. The van der Waals surface area contributed by atoms with Crippen molar-refractivity contribution in [2.45, 2.75) is 32.6 Å². The molecule has 0 unspecified atom stereocenters. The van der Waals surface area contributed by atoms with Gasteiger partial charge in [-0.1, -0.05) is 12.1 Å². The van der Waals surface area contributed by atoms with Crippen LogP contribution >= 0.6 is 0 Å². The summed E-state index contributed by atoms with van der Waals surface area (Å²) in [6, 6.07) is 7.95. The molecular formula is C15H18N2O3. The maximum Gasteiger partial charge on any atom is 0.164 e. The van der Waals surface area contributed by atoms with Crippen LogP contribution in [0.3, 0.4) is 0 Å². The topological polar surface area (TPSA) is 53.4 Å². The molecule has 0 spiro atoms. The summed E-state index contributed by atoms with van der Waals surface area (Å²) in [6.45, 7) is 4.02. The molecule has 1 aromatic heterocycles. The first kappa shape index (κ1) is 13.3. The van der Waals surface area contributed by atoms with Crippen molar-refractivity contribution in [3.63, 3.8) is 0 Å². The zero-order valence-electron chi connectivity index (χ0n) is 11.5. The Morgan fingerprint density at radius 3 is 2.85 bits per heavy atom. The molecule has 1 aliphatic heterocycles. The molecular weight excluding hydrogens is 256 g/mol. The molecule has 0 atom stereocenters. The molecule has 1 aliphatic rings. The smallest absolute Gasteiger partial charge is 0.164 e. The van der Waals surface area contributed by atoms with Crippen LogP contribution in [0.5, 0.6) is 0 Å². The molecule has 0 bridgehead atoms. The van der Waals surface area contributed by atoms with Crippen LogP contribution in [-0.2, 0) is 27.2 Å². The molecule has 1 saturated heterocycles. The normalized spacial score (nSPS) is 16.1. The predicted molar refractivity (Wildman–Crippen MR) is 74.4 cm³/mol. The number of hydrogen-bond donors (Lipinski definition) is 0. The fraction of sp³-hybridized carbons (Fsp3) is 0.467. The number of rotatable bonds is 5. The van der Waals surface area contributed by atoms with Crippen molar-refractivity contribution in [2.75, 3.05) is 13.2 Å². The number of aromatic nitrogens is 2. The number of para-hydroxylation sites is 2. The van der Waals surface area contributed by atoms with Crippen LogP contribution in [0.1, 0.15) is 19.2 Å². The van der Waals surface area contributed by atoms with Gasteiger partial charge in [-0.2, -0.15) is 0 Å². The number of hydrogen-bond acceptors (Lipinski definition) is 4. The summed E-state index contributed by atoms with van der Waals surface area (Å²) in [7, 11) is 0. The van der Waals surface area contributed by atoms with E-state index in [-0.39, 0.29) is 12.1 Å². The number of ether oxygens (including phenoxy) is 2. The minimum absolute atomic E-state index is 0.0990. The minimum Gasteiger partial charge on any atom is -0.350 e. The Balaban J connectivity index is 1.77. The molecule has 2 heterocycles. The molecule has 20 heavy (non-hydrogen) atoms. The molecule has 106 valence electrons. The van der Waals surface area contributed by atoms with Crippen LogP contribution in [0.15, 0.2) is 24.3 Å². The fourth-order valence-corrected chi connectivity index (χ4v) is 2.57. The Labute approximate surface area is 117 Å². The number of nitrogens with zero attached hydrogens (tertiary/aromatic N) is 2. The third kappa shape index (κ3) is 2.59. The summed E-state index contributed by atoms with van der Waals surface area (Å²) >= 11 is 0. The van der Waals surface area contributed by atoms with Crippen molar-refractivity contribution in [3.05, 3.63) is 30.1 Å². The Kier molecular flexibility index (Phi) is 3.80. The summed E-state index contributed by atoms with van der Waals surface area (Å²) in [5.41, 5.74) is 2.01. The van der Waals surface area contributed by atoms with Gasteiger partial charge < -0.3 is 14.0 Å². The summed E-state index contributed by atoms with van der Waals surface area (Å²) in [5.74, 6) is 0.915. The van der Waals surface area contributed by atoms with Crippen molar-refractivity contribution >= 4 is 16.8 Å². The van der Waals surface area contributed by atoms with E-state index >= 15 is 0 Å². The summed E-state index contributed by atoms with van der Waals surface area (Å²) < 4.78 is 12.7. The monoisotopic (exact) mass is 274 g/mol. The third-order valence-corrected chi connectivity index (χ3v) is 3.49. The van der Waals surface area contributed by atoms with Crippen LogP contribution in [-0.4, -0.2) is 34.8 Å². The van der Waals surface area contributed by atoms with Crippen LogP contribution in [0.25, 0.3) is 11.0 Å². The highest BCUT2D eigenvalue weighted by molar-refractivity contribution is 5.82. The number of ketones is 1. The van der Waals surface area contributed by atoms with Gasteiger partial charge in [-0.25, -0.2) is 4.98 Å². The number of carbonyl (C=O) groups excluding carboxylic acids is 1. The van der Waals surface area contributed by atoms with Gasteiger partial charge in [-0.15, -0.1) is 0 Å². The minimum atomic E-state index is -0.373. The van der Waals surface area contributed by atoms with E-state index in [1.54, 1.807) is 0 Å².